The molecule has 0 spiro atoms. The lowest BCUT2D eigenvalue weighted by molar-refractivity contribution is 0.400. The van der Waals surface area contributed by atoms with Gasteiger partial charge in [-0.25, -0.2) is 4.98 Å². The first-order chi connectivity index (χ1) is 14.1. The summed E-state index contributed by atoms with van der Waals surface area (Å²) in [6.45, 7) is 3.75. The van der Waals surface area contributed by atoms with E-state index in [4.69, 9.17) is 4.42 Å². The van der Waals surface area contributed by atoms with Crippen LogP contribution in [0, 0.1) is 18.3 Å². The van der Waals surface area contributed by atoms with E-state index in [0.29, 0.717) is 16.1 Å². The average molecular weight is 421 g/mol. The molecule has 1 N–H and O–H groups in total. The third-order valence-corrected chi connectivity index (χ3v) is 6.32. The summed E-state index contributed by atoms with van der Waals surface area (Å²) in [5, 5.41) is 28.8. The zero-order valence-electron chi connectivity index (χ0n) is 15.7. The van der Waals surface area contributed by atoms with Crippen molar-refractivity contribution in [3.63, 3.8) is 0 Å². The molecule has 4 rings (SSSR count). The summed E-state index contributed by atoms with van der Waals surface area (Å²) >= 11 is 2.57. The molecule has 0 saturated heterocycles. The van der Waals surface area contributed by atoms with E-state index in [1.807, 2.05) is 55.5 Å². The van der Waals surface area contributed by atoms with Gasteiger partial charge in [0.2, 0.25) is 5.89 Å². The Morgan fingerprint density at radius 2 is 1.93 bits per heavy atom. The Balaban J connectivity index is 1.59. The van der Waals surface area contributed by atoms with Gasteiger partial charge in [0.1, 0.15) is 22.4 Å². The number of benzene rings is 2. The van der Waals surface area contributed by atoms with Gasteiger partial charge in [0.15, 0.2) is 0 Å². The predicted octanol–water partition coefficient (Wildman–Crippen LogP) is 5.63. The molecule has 0 amide bonds. The molecule has 0 aliphatic heterocycles. The molecule has 0 saturated carbocycles. The van der Waals surface area contributed by atoms with Crippen molar-refractivity contribution in [3.8, 4) is 17.5 Å². The number of nitrogens with zero attached hydrogens (tertiary/aromatic N) is 4. The van der Waals surface area contributed by atoms with E-state index in [2.05, 4.69) is 21.3 Å². The maximum atomic E-state index is 10.7. The number of fused-ring (bicyclic) bond motifs is 1. The summed E-state index contributed by atoms with van der Waals surface area (Å²) in [6.07, 6.45) is 0. The number of allylic oxidation sites excluding steroid dienone is 1. The van der Waals surface area contributed by atoms with Gasteiger partial charge >= 0.3 is 0 Å². The van der Waals surface area contributed by atoms with E-state index < -0.39 is 5.25 Å². The number of thiazole rings is 1. The average Bonchev–Trinajstić information content (AvgIpc) is 3.35. The molecule has 2 heterocycles. The van der Waals surface area contributed by atoms with Crippen LogP contribution >= 0.6 is 23.1 Å². The Hall–Kier alpha value is -3.15. The van der Waals surface area contributed by atoms with Gasteiger partial charge in [-0.15, -0.1) is 21.5 Å². The molecular formula is C21H16N4O2S2. The second kappa shape index (κ2) is 8.07. The summed E-state index contributed by atoms with van der Waals surface area (Å²) in [5.41, 5.74) is 2.86. The Bertz CT molecular complexity index is 1220. The monoisotopic (exact) mass is 420 g/mol. The van der Waals surface area contributed by atoms with Crippen LogP contribution < -0.4 is 0 Å². The van der Waals surface area contributed by atoms with Crippen LogP contribution in [0.3, 0.4) is 0 Å². The summed E-state index contributed by atoms with van der Waals surface area (Å²) in [6, 6.07) is 17.5. The van der Waals surface area contributed by atoms with Gasteiger partial charge in [-0.3, -0.25) is 0 Å². The lowest BCUT2D eigenvalue weighted by Gasteiger charge is -2.08. The SMILES string of the molecule is Cc1ccccc1-c1nnc(SC(C)/C(O)=C(\C#N)c2nc3ccccc3s2)o1. The summed E-state index contributed by atoms with van der Waals surface area (Å²) < 4.78 is 6.71. The van der Waals surface area contributed by atoms with Gasteiger partial charge < -0.3 is 9.52 Å². The fourth-order valence-corrected chi connectivity index (χ4v) is 4.50. The molecule has 1 atom stereocenters. The Morgan fingerprint density at radius 1 is 1.17 bits per heavy atom. The van der Waals surface area contributed by atoms with Crippen LogP contribution in [0.4, 0.5) is 0 Å². The van der Waals surface area contributed by atoms with Crippen LogP contribution in [0.25, 0.3) is 27.2 Å². The standard InChI is InChI=1S/C21H16N4O2S2/c1-12-7-3-4-8-14(12)19-24-25-21(27-19)28-13(2)18(26)15(11-22)20-23-16-9-5-6-10-17(16)29-20/h3-10,13,26H,1-2H3/b18-15-. The van der Waals surface area contributed by atoms with Crippen molar-refractivity contribution in [1.82, 2.24) is 15.2 Å². The van der Waals surface area contributed by atoms with Crippen molar-refractivity contribution in [1.29, 1.82) is 5.26 Å². The van der Waals surface area contributed by atoms with Gasteiger partial charge in [0, 0.05) is 5.56 Å². The zero-order valence-corrected chi connectivity index (χ0v) is 17.3. The number of hydrogen-bond acceptors (Lipinski definition) is 8. The largest absolute Gasteiger partial charge is 0.510 e. The first-order valence-corrected chi connectivity index (χ1v) is 10.5. The fourth-order valence-electron chi connectivity index (χ4n) is 2.78. The minimum absolute atomic E-state index is 0.0628. The minimum Gasteiger partial charge on any atom is -0.510 e. The topological polar surface area (TPSA) is 95.8 Å². The van der Waals surface area contributed by atoms with Crippen molar-refractivity contribution < 1.29 is 9.52 Å². The van der Waals surface area contributed by atoms with Crippen LogP contribution in [0.2, 0.25) is 0 Å². The van der Waals surface area contributed by atoms with Gasteiger partial charge in [-0.05, 0) is 37.6 Å². The zero-order chi connectivity index (χ0) is 20.4. The lowest BCUT2D eigenvalue weighted by Crippen LogP contribution is -2.04. The van der Waals surface area contributed by atoms with E-state index in [1.165, 1.54) is 23.1 Å². The molecule has 0 bridgehead atoms. The number of aliphatic hydroxyl groups excluding tert-OH is 1. The number of nitriles is 1. The maximum Gasteiger partial charge on any atom is 0.277 e. The molecule has 6 nitrogen and oxygen atoms in total. The predicted molar refractivity (Wildman–Crippen MR) is 115 cm³/mol. The highest BCUT2D eigenvalue weighted by Gasteiger charge is 2.22. The van der Waals surface area contributed by atoms with Crippen LogP contribution in [-0.2, 0) is 0 Å². The first-order valence-electron chi connectivity index (χ1n) is 8.82. The summed E-state index contributed by atoms with van der Waals surface area (Å²) in [5.74, 6) is 0.361. The Labute approximate surface area is 175 Å². The van der Waals surface area contributed by atoms with Crippen molar-refractivity contribution in [2.75, 3.05) is 0 Å². The van der Waals surface area contributed by atoms with E-state index in [1.54, 1.807) is 6.92 Å². The quantitative estimate of drug-likeness (QED) is 0.254. The molecular weight excluding hydrogens is 404 g/mol. The van der Waals surface area contributed by atoms with Gasteiger partial charge in [0.05, 0.1) is 15.5 Å². The molecule has 2 aromatic heterocycles. The molecule has 1 unspecified atom stereocenters. The highest BCUT2D eigenvalue weighted by Crippen LogP contribution is 2.34. The van der Waals surface area contributed by atoms with Crippen LogP contribution in [0.1, 0.15) is 17.5 Å². The molecule has 0 aliphatic carbocycles. The minimum atomic E-state index is -0.457. The number of rotatable bonds is 5. The number of hydrogen-bond donors (Lipinski definition) is 1. The second-order valence-corrected chi connectivity index (χ2v) is 8.63. The molecule has 4 aromatic rings. The second-order valence-electron chi connectivity index (χ2n) is 6.31. The number of para-hydroxylation sites is 1. The van der Waals surface area contributed by atoms with Gasteiger partial charge in [-0.1, -0.05) is 42.1 Å². The summed E-state index contributed by atoms with van der Waals surface area (Å²) in [7, 11) is 0. The third kappa shape index (κ3) is 3.88. The van der Waals surface area contributed by atoms with Crippen molar-refractivity contribution in [3.05, 3.63) is 64.9 Å². The number of aliphatic hydroxyl groups is 1. The number of thioether (sulfide) groups is 1. The lowest BCUT2D eigenvalue weighted by atomic mass is 10.1. The van der Waals surface area contributed by atoms with Gasteiger partial charge in [-0.2, -0.15) is 5.26 Å². The Kier molecular flexibility index (Phi) is 5.34. The fraction of sp³-hybridized carbons (Fsp3) is 0.143. The molecule has 29 heavy (non-hydrogen) atoms. The van der Waals surface area contributed by atoms with Crippen molar-refractivity contribution in [2.24, 2.45) is 0 Å². The normalized spacial score (nSPS) is 13.1. The van der Waals surface area contributed by atoms with E-state index in [9.17, 15) is 10.4 Å². The van der Waals surface area contributed by atoms with Crippen molar-refractivity contribution >= 4 is 38.9 Å². The highest BCUT2D eigenvalue weighted by atomic mass is 32.2. The van der Waals surface area contributed by atoms with Crippen LogP contribution in [0.15, 0.2) is 63.9 Å². The van der Waals surface area contributed by atoms with E-state index in [-0.39, 0.29) is 11.3 Å². The molecule has 0 aliphatic rings. The van der Waals surface area contributed by atoms with Crippen LogP contribution in [0.5, 0.6) is 0 Å². The maximum absolute atomic E-state index is 10.7. The van der Waals surface area contributed by atoms with Crippen LogP contribution in [-0.4, -0.2) is 25.5 Å². The number of aromatic nitrogens is 3. The molecule has 144 valence electrons. The molecule has 8 heteroatoms. The van der Waals surface area contributed by atoms with E-state index in [0.717, 1.165) is 21.3 Å². The highest BCUT2D eigenvalue weighted by molar-refractivity contribution is 7.99. The molecule has 0 radical (unpaired) electrons. The molecule has 2 aromatic carbocycles. The van der Waals surface area contributed by atoms with Gasteiger partial charge in [0.25, 0.3) is 5.22 Å². The van der Waals surface area contributed by atoms with E-state index >= 15 is 0 Å². The van der Waals surface area contributed by atoms with Crippen molar-refractivity contribution in [2.45, 2.75) is 24.3 Å². The molecule has 0 fully saturated rings. The number of aryl methyl sites for hydroxylation is 1. The third-order valence-electron chi connectivity index (χ3n) is 4.32. The smallest absolute Gasteiger partial charge is 0.277 e. The first kappa shape index (κ1) is 19.2. The summed E-state index contributed by atoms with van der Waals surface area (Å²) in [4.78, 5) is 4.47. The Morgan fingerprint density at radius 3 is 2.69 bits per heavy atom.